The third kappa shape index (κ3) is 3.65. The van der Waals surface area contributed by atoms with Crippen LogP contribution >= 0.6 is 11.3 Å². The van der Waals surface area contributed by atoms with Crippen LogP contribution in [0.4, 0.5) is 0 Å². The van der Waals surface area contributed by atoms with E-state index in [1.165, 1.54) is 21.9 Å². The van der Waals surface area contributed by atoms with Crippen molar-refractivity contribution in [2.75, 3.05) is 39.0 Å². The van der Waals surface area contributed by atoms with Crippen molar-refractivity contribution in [3.8, 4) is 0 Å². The molecule has 1 aliphatic heterocycles. The molecule has 0 bridgehead atoms. The van der Waals surface area contributed by atoms with Gasteiger partial charge in [-0.15, -0.1) is 0 Å². The van der Waals surface area contributed by atoms with Gasteiger partial charge >= 0.3 is 4.87 Å². The van der Waals surface area contributed by atoms with Crippen molar-refractivity contribution in [1.82, 2.24) is 13.8 Å². The molecular weight excluding hydrogens is 286 g/mol. The number of hydrogen-bond acceptors (Lipinski definition) is 5. The van der Waals surface area contributed by atoms with Gasteiger partial charge in [-0.3, -0.25) is 9.69 Å². The van der Waals surface area contributed by atoms with Crippen LogP contribution in [0.5, 0.6) is 0 Å². The van der Waals surface area contributed by atoms with Gasteiger partial charge in [0.15, 0.2) is 0 Å². The lowest BCUT2D eigenvalue weighted by atomic mass is 10.3. The number of sulfonamides is 1. The van der Waals surface area contributed by atoms with E-state index in [1.807, 2.05) is 12.3 Å². The van der Waals surface area contributed by atoms with Crippen molar-refractivity contribution in [2.45, 2.75) is 13.5 Å². The molecule has 1 fully saturated rings. The molecule has 0 spiro atoms. The van der Waals surface area contributed by atoms with Crippen LogP contribution in [0.1, 0.15) is 5.69 Å². The maximum Gasteiger partial charge on any atom is 0.307 e. The minimum absolute atomic E-state index is 0.0762. The first-order valence-electron chi connectivity index (χ1n) is 6.20. The number of aryl methyl sites for hydroxylation is 1. The zero-order valence-electron chi connectivity index (χ0n) is 11.2. The summed E-state index contributed by atoms with van der Waals surface area (Å²) in [6.07, 6.45) is 1.25. The Labute approximate surface area is 117 Å². The Morgan fingerprint density at radius 2 is 1.84 bits per heavy atom. The second kappa shape index (κ2) is 5.74. The molecule has 6 nitrogen and oxygen atoms in total. The first-order valence-corrected chi connectivity index (χ1v) is 8.93. The normalized spacial score (nSPS) is 18.8. The molecule has 1 saturated heterocycles. The minimum Gasteiger partial charge on any atom is -0.302 e. The van der Waals surface area contributed by atoms with Gasteiger partial charge in [-0.25, -0.2) is 8.42 Å². The van der Waals surface area contributed by atoms with E-state index in [4.69, 9.17) is 0 Å². The lowest BCUT2D eigenvalue weighted by Crippen LogP contribution is -2.49. The Morgan fingerprint density at radius 1 is 1.21 bits per heavy atom. The summed E-state index contributed by atoms with van der Waals surface area (Å²) >= 11 is 1.22. The summed E-state index contributed by atoms with van der Waals surface area (Å²) in [6.45, 7) is 5.92. The summed E-state index contributed by atoms with van der Waals surface area (Å²) in [5.41, 5.74) is 0.991. The summed E-state index contributed by atoms with van der Waals surface area (Å²) in [7, 11) is -3.07. The summed E-state index contributed by atoms with van der Waals surface area (Å²) in [5.74, 6) is 0. The molecule has 0 aliphatic carbocycles. The highest BCUT2D eigenvalue weighted by molar-refractivity contribution is 7.88. The number of hydrogen-bond donors (Lipinski definition) is 0. The smallest absolute Gasteiger partial charge is 0.302 e. The van der Waals surface area contributed by atoms with Crippen molar-refractivity contribution in [1.29, 1.82) is 0 Å². The van der Waals surface area contributed by atoms with E-state index < -0.39 is 10.0 Å². The number of aromatic nitrogens is 1. The number of rotatable bonds is 4. The van der Waals surface area contributed by atoms with E-state index in [0.29, 0.717) is 19.6 Å². The molecule has 19 heavy (non-hydrogen) atoms. The summed E-state index contributed by atoms with van der Waals surface area (Å²) in [4.78, 5) is 13.8. The number of piperazine rings is 1. The Balaban J connectivity index is 1.85. The molecule has 0 saturated carbocycles. The molecule has 0 aromatic carbocycles. The van der Waals surface area contributed by atoms with E-state index >= 15 is 0 Å². The highest BCUT2D eigenvalue weighted by Gasteiger charge is 2.23. The Morgan fingerprint density at radius 3 is 2.32 bits per heavy atom. The molecule has 0 atom stereocenters. The first-order chi connectivity index (χ1) is 8.88. The van der Waals surface area contributed by atoms with Crippen molar-refractivity contribution >= 4 is 21.4 Å². The largest absolute Gasteiger partial charge is 0.307 e. The average Bonchev–Trinajstić information content (AvgIpc) is 2.66. The third-order valence-corrected chi connectivity index (χ3v) is 5.60. The van der Waals surface area contributed by atoms with Crippen molar-refractivity contribution in [2.24, 2.45) is 0 Å². The first kappa shape index (κ1) is 14.7. The van der Waals surface area contributed by atoms with Crippen molar-refractivity contribution in [3.63, 3.8) is 0 Å². The molecule has 1 aliphatic rings. The second-order valence-corrected chi connectivity index (χ2v) is 7.60. The zero-order valence-corrected chi connectivity index (χ0v) is 12.8. The molecule has 108 valence electrons. The van der Waals surface area contributed by atoms with Crippen LogP contribution < -0.4 is 4.87 Å². The number of nitrogens with zero attached hydrogens (tertiary/aromatic N) is 3. The fourth-order valence-electron chi connectivity index (χ4n) is 2.20. The van der Waals surface area contributed by atoms with Crippen molar-refractivity contribution in [3.05, 3.63) is 20.7 Å². The second-order valence-electron chi connectivity index (χ2n) is 4.80. The standard InChI is InChI=1S/C11H19N3O3S2/c1-10-9-18-11(15)14(10)8-5-12-3-6-13(7-4-12)19(2,16)17/h9H,3-8H2,1-2H3. The third-order valence-electron chi connectivity index (χ3n) is 3.42. The van der Waals surface area contributed by atoms with E-state index in [2.05, 4.69) is 4.90 Å². The summed E-state index contributed by atoms with van der Waals surface area (Å²) in [5, 5.41) is 1.87. The van der Waals surface area contributed by atoms with Gasteiger partial charge in [0.2, 0.25) is 10.0 Å². The molecule has 1 aromatic rings. The van der Waals surface area contributed by atoms with Crippen LogP contribution in [0.15, 0.2) is 10.2 Å². The minimum atomic E-state index is -3.07. The lowest BCUT2D eigenvalue weighted by molar-refractivity contribution is 0.183. The molecule has 0 radical (unpaired) electrons. The van der Waals surface area contributed by atoms with Gasteiger partial charge in [-0.05, 0) is 6.92 Å². The van der Waals surface area contributed by atoms with Crippen LogP contribution in [0.25, 0.3) is 0 Å². The fraction of sp³-hybridized carbons (Fsp3) is 0.727. The Hall–Kier alpha value is -0.700. The molecule has 0 unspecified atom stereocenters. The predicted octanol–water partition coefficient (Wildman–Crippen LogP) is -0.205. The van der Waals surface area contributed by atoms with Crippen LogP contribution in [0, 0.1) is 6.92 Å². The predicted molar refractivity (Wildman–Crippen MR) is 76.2 cm³/mol. The van der Waals surface area contributed by atoms with Gasteiger partial charge in [0.1, 0.15) is 0 Å². The fourth-order valence-corrected chi connectivity index (χ4v) is 3.79. The molecule has 2 rings (SSSR count). The van der Waals surface area contributed by atoms with Gasteiger partial charge in [0.05, 0.1) is 6.26 Å². The van der Waals surface area contributed by atoms with Gasteiger partial charge < -0.3 is 4.57 Å². The van der Waals surface area contributed by atoms with Crippen molar-refractivity contribution < 1.29 is 8.42 Å². The van der Waals surface area contributed by atoms with Crippen LogP contribution in [-0.4, -0.2) is 61.2 Å². The van der Waals surface area contributed by atoms with E-state index in [-0.39, 0.29) is 4.87 Å². The Kier molecular flexibility index (Phi) is 4.44. The van der Waals surface area contributed by atoms with E-state index in [9.17, 15) is 13.2 Å². The van der Waals surface area contributed by atoms with Crippen LogP contribution in [0.2, 0.25) is 0 Å². The monoisotopic (exact) mass is 305 g/mol. The lowest BCUT2D eigenvalue weighted by Gasteiger charge is -2.33. The maximum atomic E-state index is 11.6. The van der Waals surface area contributed by atoms with Gasteiger partial charge in [-0.2, -0.15) is 4.31 Å². The van der Waals surface area contributed by atoms with Gasteiger partial charge in [-0.1, -0.05) is 11.3 Å². The zero-order chi connectivity index (χ0) is 14.0. The highest BCUT2D eigenvalue weighted by atomic mass is 32.2. The van der Waals surface area contributed by atoms with Gasteiger partial charge in [0, 0.05) is 50.3 Å². The molecule has 0 N–H and O–H groups in total. The molecule has 1 aromatic heterocycles. The topological polar surface area (TPSA) is 62.6 Å². The number of thiazole rings is 1. The molecular formula is C11H19N3O3S2. The van der Waals surface area contributed by atoms with E-state index in [1.54, 1.807) is 4.57 Å². The summed E-state index contributed by atoms with van der Waals surface area (Å²) < 4.78 is 26.1. The van der Waals surface area contributed by atoms with E-state index in [0.717, 1.165) is 25.3 Å². The SMILES string of the molecule is Cc1csc(=O)n1CCN1CCN(S(C)(=O)=O)CC1. The Bertz CT molecular complexity index is 583. The van der Waals surface area contributed by atoms with Crippen LogP contribution in [-0.2, 0) is 16.6 Å². The molecule has 2 heterocycles. The molecule has 8 heteroatoms. The average molecular weight is 305 g/mol. The quantitative estimate of drug-likeness (QED) is 0.772. The van der Waals surface area contributed by atoms with Gasteiger partial charge in [0.25, 0.3) is 0 Å². The maximum absolute atomic E-state index is 11.6. The van der Waals surface area contributed by atoms with Crippen LogP contribution in [0.3, 0.4) is 0 Å². The summed E-state index contributed by atoms with van der Waals surface area (Å²) in [6, 6.07) is 0. The molecule has 0 amide bonds. The highest BCUT2D eigenvalue weighted by Crippen LogP contribution is 2.06.